The smallest absolute Gasteiger partial charge is 0.456 e. The summed E-state index contributed by atoms with van der Waals surface area (Å²) in [6.07, 6.45) is -2.80. The van der Waals surface area contributed by atoms with Crippen LogP contribution < -0.4 is 0 Å². The van der Waals surface area contributed by atoms with Gasteiger partial charge in [-0.15, -0.1) is 0 Å². The summed E-state index contributed by atoms with van der Waals surface area (Å²) in [5, 5.41) is 31.6. The number of rotatable bonds is 26. The number of aliphatic hydroxyl groups is 3. The molecule has 0 saturated heterocycles. The molecule has 1 saturated carbocycles. The van der Waals surface area contributed by atoms with Crippen LogP contribution in [0.5, 0.6) is 0 Å². The van der Waals surface area contributed by atoms with Crippen molar-refractivity contribution in [3.8, 4) is 47.4 Å². The molecule has 0 heterocycles. The number of carbonyl (C=O) groups is 2. The van der Waals surface area contributed by atoms with Gasteiger partial charge in [0.1, 0.15) is 43.2 Å². The SMILES string of the molecule is CC#CC#CC#CC#CC(=O)OC[C@H](COP(=O)(O)OC1C(O)[C@@H](OP(=O)(O)O)C(OP(=O)(O)O)[C@@H](O)[C@H]1O)OC(=O)CCCCCCCCCCCCCCC. The maximum Gasteiger partial charge on any atom is 0.472 e. The summed E-state index contributed by atoms with van der Waals surface area (Å²) < 4.78 is 64.3. The molecular formula is C35H53O19P3. The van der Waals surface area contributed by atoms with Crippen LogP contribution in [-0.4, -0.2) is 108 Å². The lowest BCUT2D eigenvalue weighted by molar-refractivity contribution is -0.213. The first-order valence-corrected chi connectivity index (χ1v) is 22.8. The lowest BCUT2D eigenvalue weighted by Gasteiger charge is -2.44. The first-order chi connectivity index (χ1) is 26.8. The third kappa shape index (κ3) is 24.8. The van der Waals surface area contributed by atoms with Crippen LogP contribution in [0.3, 0.4) is 0 Å². The molecule has 8 atom stereocenters. The van der Waals surface area contributed by atoms with Crippen molar-refractivity contribution in [1.82, 2.24) is 0 Å². The number of phosphoric ester groups is 3. The third-order valence-corrected chi connectivity index (χ3v) is 10.0. The molecule has 4 unspecified atom stereocenters. The fourth-order valence-electron chi connectivity index (χ4n) is 5.34. The second-order valence-electron chi connectivity index (χ2n) is 12.8. The average Bonchev–Trinajstić information content (AvgIpc) is 3.12. The topological polar surface area (TPSA) is 303 Å². The van der Waals surface area contributed by atoms with E-state index in [4.69, 9.17) is 28.3 Å². The number of carbonyl (C=O) groups excluding carboxylic acids is 2. The van der Waals surface area contributed by atoms with Crippen molar-refractivity contribution in [2.24, 2.45) is 0 Å². The Morgan fingerprint density at radius 2 is 1.05 bits per heavy atom. The highest BCUT2D eigenvalue weighted by molar-refractivity contribution is 7.47. The Labute approximate surface area is 332 Å². The zero-order valence-corrected chi connectivity index (χ0v) is 34.4. The van der Waals surface area contributed by atoms with Gasteiger partial charge in [-0.1, -0.05) is 89.9 Å². The summed E-state index contributed by atoms with van der Waals surface area (Å²) in [6, 6.07) is 0. The van der Waals surface area contributed by atoms with Crippen LogP contribution in [0, 0.1) is 47.4 Å². The zero-order chi connectivity index (χ0) is 42.9. The van der Waals surface area contributed by atoms with E-state index in [1.165, 1.54) is 44.9 Å². The van der Waals surface area contributed by atoms with Gasteiger partial charge in [0.2, 0.25) is 0 Å². The minimum Gasteiger partial charge on any atom is -0.456 e. The van der Waals surface area contributed by atoms with Crippen molar-refractivity contribution >= 4 is 35.4 Å². The summed E-state index contributed by atoms with van der Waals surface area (Å²) >= 11 is 0. The molecule has 0 aromatic heterocycles. The first-order valence-electron chi connectivity index (χ1n) is 18.3. The predicted molar refractivity (Wildman–Crippen MR) is 200 cm³/mol. The van der Waals surface area contributed by atoms with E-state index < -0.39 is 91.3 Å². The van der Waals surface area contributed by atoms with E-state index in [0.717, 1.165) is 32.1 Å². The molecule has 322 valence electrons. The number of ether oxygens (including phenoxy) is 2. The van der Waals surface area contributed by atoms with Gasteiger partial charge in [-0.25, -0.2) is 18.5 Å². The van der Waals surface area contributed by atoms with E-state index in [9.17, 15) is 53.3 Å². The van der Waals surface area contributed by atoms with E-state index >= 15 is 0 Å². The second kappa shape index (κ2) is 28.0. The molecule has 0 radical (unpaired) electrons. The van der Waals surface area contributed by atoms with Crippen LogP contribution in [0.4, 0.5) is 0 Å². The molecule has 0 spiro atoms. The van der Waals surface area contributed by atoms with Crippen molar-refractivity contribution in [1.29, 1.82) is 0 Å². The van der Waals surface area contributed by atoms with E-state index in [1.54, 1.807) is 6.92 Å². The summed E-state index contributed by atoms with van der Waals surface area (Å²) in [5.41, 5.74) is 0. The van der Waals surface area contributed by atoms with Gasteiger partial charge >= 0.3 is 35.4 Å². The van der Waals surface area contributed by atoms with Crippen LogP contribution in [0.25, 0.3) is 0 Å². The molecule has 22 heteroatoms. The highest BCUT2D eigenvalue weighted by atomic mass is 31.2. The fraction of sp³-hybridized carbons (Fsp3) is 0.714. The van der Waals surface area contributed by atoms with Crippen molar-refractivity contribution < 1.29 is 90.6 Å². The Balaban J connectivity index is 2.91. The molecule has 8 N–H and O–H groups in total. The fourth-order valence-corrected chi connectivity index (χ4v) is 7.43. The molecule has 0 bridgehead atoms. The normalized spacial score (nSPS) is 22.1. The Hall–Kier alpha value is -2.61. The van der Waals surface area contributed by atoms with Crippen LogP contribution in [0.15, 0.2) is 0 Å². The van der Waals surface area contributed by atoms with Gasteiger partial charge in [0.25, 0.3) is 0 Å². The van der Waals surface area contributed by atoms with Crippen molar-refractivity contribution in [2.75, 3.05) is 13.2 Å². The Bertz CT molecular complexity index is 1650. The maximum atomic E-state index is 12.9. The minimum absolute atomic E-state index is 0.0640. The van der Waals surface area contributed by atoms with E-state index in [2.05, 4.69) is 57.4 Å². The van der Waals surface area contributed by atoms with E-state index in [1.807, 2.05) is 5.92 Å². The molecule has 0 aliphatic heterocycles. The van der Waals surface area contributed by atoms with Crippen LogP contribution in [0.2, 0.25) is 0 Å². The van der Waals surface area contributed by atoms with Gasteiger partial charge in [-0.05, 0) is 48.9 Å². The molecule has 0 amide bonds. The third-order valence-electron chi connectivity index (χ3n) is 8.00. The zero-order valence-electron chi connectivity index (χ0n) is 31.8. The Morgan fingerprint density at radius 3 is 1.56 bits per heavy atom. The number of hydrogen-bond donors (Lipinski definition) is 8. The van der Waals surface area contributed by atoms with Gasteiger partial charge in [-0.3, -0.25) is 22.9 Å². The second-order valence-corrected chi connectivity index (χ2v) is 16.5. The van der Waals surface area contributed by atoms with Gasteiger partial charge < -0.3 is 49.3 Å². The first kappa shape index (κ1) is 52.4. The highest BCUT2D eigenvalue weighted by Crippen LogP contribution is 2.51. The molecule has 1 fully saturated rings. The maximum absolute atomic E-state index is 12.9. The molecule has 1 aliphatic rings. The molecule has 19 nitrogen and oxygen atoms in total. The highest BCUT2D eigenvalue weighted by Gasteiger charge is 2.56. The van der Waals surface area contributed by atoms with Crippen molar-refractivity contribution in [3.05, 3.63) is 0 Å². The summed E-state index contributed by atoms with van der Waals surface area (Å²) in [5.74, 6) is 16.6. The monoisotopic (exact) mass is 870 g/mol. The van der Waals surface area contributed by atoms with Gasteiger partial charge in [0.05, 0.1) is 6.61 Å². The molecule has 57 heavy (non-hydrogen) atoms. The quantitative estimate of drug-likeness (QED) is 0.0204. The van der Waals surface area contributed by atoms with Gasteiger partial charge in [0, 0.05) is 12.3 Å². The van der Waals surface area contributed by atoms with Crippen molar-refractivity contribution in [2.45, 2.75) is 146 Å². The number of unbranched alkanes of at least 4 members (excludes halogenated alkanes) is 12. The number of hydrogen-bond acceptors (Lipinski definition) is 14. The minimum atomic E-state index is -5.61. The predicted octanol–water partition coefficient (Wildman–Crippen LogP) is 2.51. The Kier molecular flexibility index (Phi) is 25.7. The molecule has 0 aromatic rings. The molecule has 1 aliphatic carbocycles. The lowest BCUT2D eigenvalue weighted by atomic mass is 9.85. The number of esters is 2. The Morgan fingerprint density at radius 1 is 0.596 bits per heavy atom. The van der Waals surface area contributed by atoms with E-state index in [-0.39, 0.29) is 6.42 Å². The standard InChI is InChI=1S/C35H53O19P3/c1-3-5-7-9-11-12-13-14-15-16-18-20-22-24-29(37)51-27(25-49-28(36)23-21-19-17-10-8-6-4-2)26-50-57(47,48)54-33-30(38)31(39)34(52-55(41,42)43)35(32(33)40)53-56(44,45)46/h27,30-35,38-40H,3,5,7,9,11-16,18,20,22,24-26H2,1-2H3,(H,47,48)(H2,41,42,43)(H2,44,45,46)/t27-,30-,31+,32?,33?,34?,35-/m1/s1. The van der Waals surface area contributed by atoms with Crippen molar-refractivity contribution in [3.63, 3.8) is 0 Å². The molecule has 0 aromatic carbocycles. The summed E-state index contributed by atoms with van der Waals surface area (Å²) in [4.78, 5) is 72.1. The van der Waals surface area contributed by atoms with Crippen LogP contribution >= 0.6 is 23.5 Å². The number of aliphatic hydroxyl groups excluding tert-OH is 3. The van der Waals surface area contributed by atoms with Gasteiger partial charge in [0.15, 0.2) is 6.10 Å². The van der Waals surface area contributed by atoms with Crippen LogP contribution in [-0.2, 0) is 50.9 Å². The summed E-state index contributed by atoms with van der Waals surface area (Å²) in [6.45, 7) is 1.99. The lowest BCUT2D eigenvalue weighted by Crippen LogP contribution is -2.65. The van der Waals surface area contributed by atoms with E-state index in [0.29, 0.717) is 6.42 Å². The summed E-state index contributed by atoms with van der Waals surface area (Å²) in [7, 11) is -16.7. The average molecular weight is 871 g/mol. The number of phosphoric acid groups is 3. The largest absolute Gasteiger partial charge is 0.472 e. The van der Waals surface area contributed by atoms with Gasteiger partial charge in [-0.2, -0.15) is 0 Å². The molecular weight excluding hydrogens is 817 g/mol. The molecule has 1 rings (SSSR count). The van der Waals surface area contributed by atoms with Crippen LogP contribution in [0.1, 0.15) is 104 Å².